The molecule has 0 spiro atoms. The van der Waals surface area contributed by atoms with E-state index in [0.717, 1.165) is 12.1 Å². The highest BCUT2D eigenvalue weighted by Gasteiger charge is 2.10. The Morgan fingerprint density at radius 3 is 2.14 bits per heavy atom. The SMILES string of the molecule is CCCCCCCCCCCCC(N)c1ncccc1Cl. The van der Waals surface area contributed by atoms with Crippen LogP contribution in [0.5, 0.6) is 0 Å². The molecule has 1 atom stereocenters. The minimum atomic E-state index is -0.0206. The standard InChI is InChI=1S/C18H31ClN2/c1-2-3-4-5-6-7-8-9-10-11-14-17(20)18-16(19)13-12-15-21-18/h12-13,15,17H,2-11,14,20H2,1H3. The maximum atomic E-state index is 6.16. The van der Waals surface area contributed by atoms with Gasteiger partial charge in [-0.05, 0) is 18.6 Å². The summed E-state index contributed by atoms with van der Waals surface area (Å²) in [7, 11) is 0. The van der Waals surface area contributed by atoms with Crippen LogP contribution in [0.2, 0.25) is 5.02 Å². The van der Waals surface area contributed by atoms with E-state index in [9.17, 15) is 0 Å². The fraction of sp³-hybridized carbons (Fsp3) is 0.722. The maximum Gasteiger partial charge on any atom is 0.0756 e. The number of hydrogen-bond donors (Lipinski definition) is 1. The van der Waals surface area contributed by atoms with Crippen LogP contribution in [0, 0.1) is 0 Å². The van der Waals surface area contributed by atoms with Crippen molar-refractivity contribution in [3.8, 4) is 0 Å². The quantitative estimate of drug-likeness (QED) is 0.477. The maximum absolute atomic E-state index is 6.16. The number of rotatable bonds is 12. The third kappa shape index (κ3) is 8.43. The summed E-state index contributed by atoms with van der Waals surface area (Å²) in [6, 6.07) is 3.69. The van der Waals surface area contributed by atoms with Crippen LogP contribution in [0.3, 0.4) is 0 Å². The number of halogens is 1. The Labute approximate surface area is 135 Å². The predicted octanol–water partition coefficient (Wildman–Crippen LogP) is 6.05. The zero-order valence-corrected chi connectivity index (χ0v) is 14.2. The molecule has 3 heteroatoms. The van der Waals surface area contributed by atoms with Crippen molar-refractivity contribution in [2.45, 2.75) is 83.6 Å². The van der Waals surface area contributed by atoms with Gasteiger partial charge in [0.1, 0.15) is 0 Å². The van der Waals surface area contributed by atoms with Gasteiger partial charge in [0.15, 0.2) is 0 Å². The summed E-state index contributed by atoms with van der Waals surface area (Å²) in [5.41, 5.74) is 7.00. The summed E-state index contributed by atoms with van der Waals surface area (Å²) in [5.74, 6) is 0. The fourth-order valence-electron chi connectivity index (χ4n) is 2.66. The van der Waals surface area contributed by atoms with Gasteiger partial charge in [0.05, 0.1) is 10.7 Å². The third-order valence-corrected chi connectivity index (χ3v) is 4.33. The van der Waals surface area contributed by atoms with E-state index in [2.05, 4.69) is 11.9 Å². The predicted molar refractivity (Wildman–Crippen MR) is 92.6 cm³/mol. The van der Waals surface area contributed by atoms with Crippen LogP contribution in [0.1, 0.15) is 89.3 Å². The van der Waals surface area contributed by atoms with E-state index in [-0.39, 0.29) is 6.04 Å². The zero-order valence-electron chi connectivity index (χ0n) is 13.5. The van der Waals surface area contributed by atoms with Crippen molar-refractivity contribution in [3.05, 3.63) is 29.0 Å². The first kappa shape index (κ1) is 18.4. The highest BCUT2D eigenvalue weighted by atomic mass is 35.5. The van der Waals surface area contributed by atoms with E-state index in [1.54, 1.807) is 6.20 Å². The molecule has 0 fully saturated rings. The molecule has 2 N–H and O–H groups in total. The van der Waals surface area contributed by atoms with Gasteiger partial charge in [-0.25, -0.2) is 0 Å². The van der Waals surface area contributed by atoms with Crippen LogP contribution in [-0.2, 0) is 0 Å². The Balaban J connectivity index is 1.98. The molecule has 1 aromatic rings. The lowest BCUT2D eigenvalue weighted by atomic mass is 10.0. The molecule has 0 radical (unpaired) electrons. The van der Waals surface area contributed by atoms with Gasteiger partial charge in [-0.1, -0.05) is 82.7 Å². The second-order valence-corrected chi connectivity index (χ2v) is 6.35. The first-order chi connectivity index (χ1) is 10.3. The molecule has 2 nitrogen and oxygen atoms in total. The molecule has 0 saturated heterocycles. The molecular formula is C18H31ClN2. The topological polar surface area (TPSA) is 38.9 Å². The molecule has 1 rings (SSSR count). The van der Waals surface area contributed by atoms with E-state index in [4.69, 9.17) is 17.3 Å². The Kier molecular flexibility index (Phi) is 10.5. The number of pyridine rings is 1. The Morgan fingerprint density at radius 2 is 1.57 bits per heavy atom. The average molecular weight is 311 g/mol. The van der Waals surface area contributed by atoms with Gasteiger partial charge in [0, 0.05) is 12.2 Å². The van der Waals surface area contributed by atoms with E-state index in [1.807, 2.05) is 12.1 Å². The van der Waals surface area contributed by atoms with Gasteiger partial charge in [-0.2, -0.15) is 0 Å². The lowest BCUT2D eigenvalue weighted by Gasteiger charge is -2.12. The molecule has 1 aromatic heterocycles. The van der Waals surface area contributed by atoms with Crippen molar-refractivity contribution >= 4 is 11.6 Å². The summed E-state index contributed by atoms with van der Waals surface area (Å²) >= 11 is 6.11. The number of aromatic nitrogens is 1. The number of hydrogen-bond acceptors (Lipinski definition) is 2. The summed E-state index contributed by atoms with van der Waals surface area (Å²) in [6.07, 6.45) is 16.2. The summed E-state index contributed by atoms with van der Waals surface area (Å²) in [6.45, 7) is 2.27. The third-order valence-electron chi connectivity index (χ3n) is 4.01. The molecule has 0 aromatic carbocycles. The van der Waals surface area contributed by atoms with Crippen LogP contribution in [0.25, 0.3) is 0 Å². The highest BCUT2D eigenvalue weighted by Crippen LogP contribution is 2.22. The second kappa shape index (κ2) is 12.0. The summed E-state index contributed by atoms with van der Waals surface area (Å²) in [5, 5.41) is 0.692. The molecule has 0 bridgehead atoms. The lowest BCUT2D eigenvalue weighted by molar-refractivity contribution is 0.525. The second-order valence-electron chi connectivity index (χ2n) is 5.95. The van der Waals surface area contributed by atoms with Crippen LogP contribution >= 0.6 is 11.6 Å². The van der Waals surface area contributed by atoms with Crippen molar-refractivity contribution in [2.75, 3.05) is 0 Å². The van der Waals surface area contributed by atoms with Crippen LogP contribution in [0.4, 0.5) is 0 Å². The number of nitrogens with two attached hydrogens (primary N) is 1. The van der Waals surface area contributed by atoms with Crippen molar-refractivity contribution in [3.63, 3.8) is 0 Å². The monoisotopic (exact) mass is 310 g/mol. The highest BCUT2D eigenvalue weighted by molar-refractivity contribution is 6.31. The number of unbranched alkanes of at least 4 members (excludes halogenated alkanes) is 9. The number of nitrogens with zero attached hydrogens (tertiary/aromatic N) is 1. The van der Waals surface area contributed by atoms with Crippen molar-refractivity contribution in [1.29, 1.82) is 0 Å². The first-order valence-corrected chi connectivity index (χ1v) is 8.99. The molecule has 1 heterocycles. The van der Waals surface area contributed by atoms with Gasteiger partial charge in [-0.3, -0.25) is 4.98 Å². The molecular weight excluding hydrogens is 280 g/mol. The largest absolute Gasteiger partial charge is 0.323 e. The first-order valence-electron chi connectivity index (χ1n) is 8.61. The van der Waals surface area contributed by atoms with Gasteiger partial charge < -0.3 is 5.73 Å². The minimum Gasteiger partial charge on any atom is -0.323 e. The van der Waals surface area contributed by atoms with Crippen LogP contribution in [0.15, 0.2) is 18.3 Å². The van der Waals surface area contributed by atoms with Crippen molar-refractivity contribution in [2.24, 2.45) is 5.73 Å². The molecule has 0 aliphatic heterocycles. The van der Waals surface area contributed by atoms with Gasteiger partial charge >= 0.3 is 0 Å². The summed E-state index contributed by atoms with van der Waals surface area (Å²) in [4.78, 5) is 4.29. The van der Waals surface area contributed by atoms with Gasteiger partial charge in [-0.15, -0.1) is 0 Å². The molecule has 21 heavy (non-hydrogen) atoms. The molecule has 0 saturated carbocycles. The van der Waals surface area contributed by atoms with Gasteiger partial charge in [0.25, 0.3) is 0 Å². The lowest BCUT2D eigenvalue weighted by Crippen LogP contribution is -2.12. The fourth-order valence-corrected chi connectivity index (χ4v) is 2.92. The van der Waals surface area contributed by atoms with E-state index >= 15 is 0 Å². The minimum absolute atomic E-state index is 0.0206. The molecule has 0 aliphatic rings. The van der Waals surface area contributed by atoms with E-state index in [1.165, 1.54) is 64.2 Å². The van der Waals surface area contributed by atoms with E-state index in [0.29, 0.717) is 5.02 Å². The smallest absolute Gasteiger partial charge is 0.0756 e. The molecule has 120 valence electrons. The summed E-state index contributed by atoms with van der Waals surface area (Å²) < 4.78 is 0. The van der Waals surface area contributed by atoms with Gasteiger partial charge in [0.2, 0.25) is 0 Å². The van der Waals surface area contributed by atoms with Crippen LogP contribution in [-0.4, -0.2) is 4.98 Å². The zero-order chi connectivity index (χ0) is 15.3. The molecule has 1 unspecified atom stereocenters. The van der Waals surface area contributed by atoms with Crippen LogP contribution < -0.4 is 5.73 Å². The Morgan fingerprint density at radius 1 is 1.00 bits per heavy atom. The molecule has 0 aliphatic carbocycles. The normalized spacial score (nSPS) is 12.5. The van der Waals surface area contributed by atoms with E-state index < -0.39 is 0 Å². The average Bonchev–Trinajstić information content (AvgIpc) is 2.49. The Bertz CT molecular complexity index is 368. The Hall–Kier alpha value is -0.600. The van der Waals surface area contributed by atoms with Crippen molar-refractivity contribution in [1.82, 2.24) is 4.98 Å². The molecule has 0 amide bonds. The van der Waals surface area contributed by atoms with Crippen molar-refractivity contribution < 1.29 is 0 Å².